The van der Waals surface area contributed by atoms with Gasteiger partial charge in [0.05, 0.1) is 21.6 Å². The molecule has 124 valence electrons. The highest BCUT2D eigenvalue weighted by atomic mass is 32.2. The Morgan fingerprint density at radius 1 is 1.36 bits per heavy atom. The van der Waals surface area contributed by atoms with Crippen LogP contribution in [0.3, 0.4) is 0 Å². The Morgan fingerprint density at radius 2 is 2.16 bits per heavy atom. The van der Waals surface area contributed by atoms with Crippen LogP contribution in [0.5, 0.6) is 5.75 Å². The predicted octanol–water partition coefficient (Wildman–Crippen LogP) is 2.14. The number of benzene rings is 1. The zero-order valence-corrected chi connectivity index (χ0v) is 13.6. The molecule has 0 unspecified atom stereocenters. The number of phenols is 1. The third-order valence-electron chi connectivity index (χ3n) is 3.64. The van der Waals surface area contributed by atoms with Crippen molar-refractivity contribution in [3.63, 3.8) is 0 Å². The molecule has 8 nitrogen and oxygen atoms in total. The third-order valence-corrected chi connectivity index (χ3v) is 4.46. The highest BCUT2D eigenvalue weighted by Crippen LogP contribution is 2.28. The van der Waals surface area contributed by atoms with Crippen LogP contribution in [0.4, 0.5) is 0 Å². The molecule has 0 saturated carbocycles. The molecule has 2 aromatic rings. The number of fused-ring (bicyclic) bond motifs is 2. The smallest absolute Gasteiger partial charge is 0.283 e. The first-order valence-electron chi connectivity index (χ1n) is 7.15. The van der Waals surface area contributed by atoms with Crippen LogP contribution in [0.25, 0.3) is 17.0 Å². The second-order valence-electron chi connectivity index (χ2n) is 5.34. The molecular weight excluding hydrogens is 344 g/mol. The fourth-order valence-corrected chi connectivity index (χ4v) is 3.21. The van der Waals surface area contributed by atoms with Gasteiger partial charge in [0.1, 0.15) is 17.6 Å². The van der Waals surface area contributed by atoms with Crippen molar-refractivity contribution in [3.05, 3.63) is 45.8 Å². The minimum Gasteiger partial charge on any atom is -0.508 e. The number of nitrogens with zero attached hydrogens (tertiary/aromatic N) is 3. The lowest BCUT2D eigenvalue weighted by atomic mass is 10.1. The Hall–Kier alpha value is -3.20. The normalized spacial score (nSPS) is 18.6. The summed E-state index contributed by atoms with van der Waals surface area (Å²) in [5.41, 5.74) is -0.0889. The van der Waals surface area contributed by atoms with Crippen molar-refractivity contribution >= 4 is 50.8 Å². The van der Waals surface area contributed by atoms with Gasteiger partial charge >= 0.3 is 0 Å². The Morgan fingerprint density at radius 3 is 2.96 bits per heavy atom. The molecule has 2 aliphatic heterocycles. The van der Waals surface area contributed by atoms with Crippen LogP contribution in [-0.4, -0.2) is 32.1 Å². The van der Waals surface area contributed by atoms with Crippen LogP contribution in [0.15, 0.2) is 49.3 Å². The standard InChI is InChI=1S/C16H10N4O4S/c1-7-19-20-14(17)11(15(23)18-16(20)25-7)4-8-6-24-12-3-2-9(21)5-10(12)13(8)22/h2-6,17,21H,1H3. The van der Waals surface area contributed by atoms with Crippen LogP contribution < -0.4 is 5.43 Å². The minimum atomic E-state index is -0.621. The zero-order chi connectivity index (χ0) is 17.7. The summed E-state index contributed by atoms with van der Waals surface area (Å²) in [6, 6.07) is 4.18. The lowest BCUT2D eigenvalue weighted by Crippen LogP contribution is -2.35. The molecule has 9 heteroatoms. The first-order chi connectivity index (χ1) is 11.9. The summed E-state index contributed by atoms with van der Waals surface area (Å²) in [7, 11) is 0. The van der Waals surface area contributed by atoms with E-state index in [9.17, 15) is 14.7 Å². The van der Waals surface area contributed by atoms with Crippen molar-refractivity contribution in [1.29, 1.82) is 5.41 Å². The molecule has 0 spiro atoms. The molecule has 0 aliphatic carbocycles. The first-order valence-corrected chi connectivity index (χ1v) is 7.97. The molecule has 2 aliphatic rings. The number of carbonyl (C=O) groups excluding carboxylic acids is 1. The summed E-state index contributed by atoms with van der Waals surface area (Å²) in [4.78, 5) is 28.7. The van der Waals surface area contributed by atoms with Crippen molar-refractivity contribution in [3.8, 4) is 5.75 Å². The van der Waals surface area contributed by atoms with Crippen LogP contribution >= 0.6 is 11.8 Å². The number of hydrazone groups is 1. The van der Waals surface area contributed by atoms with E-state index in [0.717, 1.165) is 0 Å². The van der Waals surface area contributed by atoms with E-state index in [1.54, 1.807) is 6.92 Å². The van der Waals surface area contributed by atoms with Crippen molar-refractivity contribution in [2.75, 3.05) is 0 Å². The summed E-state index contributed by atoms with van der Waals surface area (Å²) >= 11 is 1.20. The number of hydrogen-bond donors (Lipinski definition) is 2. The molecule has 25 heavy (non-hydrogen) atoms. The average molecular weight is 354 g/mol. The molecule has 0 saturated heterocycles. The number of aromatic hydroxyl groups is 1. The molecule has 1 aromatic heterocycles. The predicted molar refractivity (Wildman–Crippen MR) is 94.8 cm³/mol. The van der Waals surface area contributed by atoms with E-state index in [2.05, 4.69) is 10.1 Å². The molecule has 2 N–H and O–H groups in total. The number of amidine groups is 2. The molecule has 1 aromatic carbocycles. The summed E-state index contributed by atoms with van der Waals surface area (Å²) < 4.78 is 5.38. The van der Waals surface area contributed by atoms with Gasteiger partial charge < -0.3 is 9.52 Å². The summed E-state index contributed by atoms with van der Waals surface area (Å²) in [6.07, 6.45) is 2.47. The van der Waals surface area contributed by atoms with Crippen LogP contribution in [0.1, 0.15) is 12.5 Å². The van der Waals surface area contributed by atoms with Gasteiger partial charge in [-0.25, -0.2) is 0 Å². The van der Waals surface area contributed by atoms with Gasteiger partial charge in [0.25, 0.3) is 5.91 Å². The number of thioether (sulfide) groups is 1. The van der Waals surface area contributed by atoms with E-state index >= 15 is 0 Å². The molecule has 3 heterocycles. The topological polar surface area (TPSA) is 119 Å². The lowest BCUT2D eigenvalue weighted by Gasteiger charge is -2.20. The van der Waals surface area contributed by atoms with E-state index in [-0.39, 0.29) is 28.1 Å². The average Bonchev–Trinajstić information content (AvgIpc) is 2.94. The Labute approximate surface area is 144 Å². The molecule has 0 atom stereocenters. The third kappa shape index (κ3) is 2.45. The maximum absolute atomic E-state index is 12.6. The van der Waals surface area contributed by atoms with Crippen molar-refractivity contribution in [2.45, 2.75) is 6.92 Å². The van der Waals surface area contributed by atoms with Gasteiger partial charge in [-0.3, -0.25) is 15.0 Å². The van der Waals surface area contributed by atoms with Gasteiger partial charge in [0.2, 0.25) is 5.17 Å². The monoisotopic (exact) mass is 354 g/mol. The summed E-state index contributed by atoms with van der Waals surface area (Å²) in [5, 5.41) is 24.3. The Balaban J connectivity index is 1.85. The van der Waals surface area contributed by atoms with Gasteiger partial charge in [-0.1, -0.05) is 0 Å². The summed E-state index contributed by atoms with van der Waals surface area (Å²) in [5.74, 6) is -0.849. The van der Waals surface area contributed by atoms with E-state index in [4.69, 9.17) is 9.83 Å². The van der Waals surface area contributed by atoms with Crippen LogP contribution in [0, 0.1) is 5.41 Å². The molecule has 0 fully saturated rings. The second-order valence-corrected chi connectivity index (χ2v) is 6.50. The van der Waals surface area contributed by atoms with Gasteiger partial charge in [-0.15, -0.1) is 0 Å². The molecule has 1 amide bonds. The number of rotatable bonds is 1. The number of amides is 1. The SMILES string of the molecule is CC1=NN2C(=N)C(=Cc3coc4ccc(O)cc4c3=O)C(=O)N=C2S1. The number of hydrogen-bond acceptors (Lipinski definition) is 7. The minimum absolute atomic E-state index is 0.0606. The Bertz CT molecular complexity index is 1110. The van der Waals surface area contributed by atoms with Gasteiger partial charge in [-0.05, 0) is 43.0 Å². The van der Waals surface area contributed by atoms with E-state index in [0.29, 0.717) is 15.8 Å². The molecule has 0 radical (unpaired) electrons. The highest BCUT2D eigenvalue weighted by Gasteiger charge is 2.34. The Kier molecular flexibility index (Phi) is 3.32. The van der Waals surface area contributed by atoms with E-state index in [1.807, 2.05) is 0 Å². The van der Waals surface area contributed by atoms with Crippen LogP contribution in [0.2, 0.25) is 0 Å². The van der Waals surface area contributed by atoms with E-state index < -0.39 is 11.3 Å². The number of carbonyl (C=O) groups is 1. The highest BCUT2D eigenvalue weighted by molar-refractivity contribution is 8.26. The van der Waals surface area contributed by atoms with Crippen molar-refractivity contribution in [1.82, 2.24) is 5.01 Å². The second kappa shape index (κ2) is 5.42. The lowest BCUT2D eigenvalue weighted by molar-refractivity contribution is -0.114. The molecule has 0 bridgehead atoms. The fourth-order valence-electron chi connectivity index (χ4n) is 2.48. The fraction of sp³-hybridized carbons (Fsp3) is 0.0625. The number of aliphatic imine (C=N–C) groups is 1. The molecule has 4 rings (SSSR count). The molecular formula is C16H10N4O4S. The first kappa shape index (κ1) is 15.3. The summed E-state index contributed by atoms with van der Waals surface area (Å²) in [6.45, 7) is 1.75. The maximum atomic E-state index is 12.6. The van der Waals surface area contributed by atoms with Crippen LogP contribution in [-0.2, 0) is 4.79 Å². The number of phenolic OH excluding ortho intramolecular Hbond substituents is 1. The van der Waals surface area contributed by atoms with Gasteiger partial charge in [-0.2, -0.15) is 15.1 Å². The van der Waals surface area contributed by atoms with Crippen molar-refractivity contribution in [2.24, 2.45) is 10.1 Å². The van der Waals surface area contributed by atoms with Gasteiger partial charge in [0.15, 0.2) is 11.3 Å². The zero-order valence-electron chi connectivity index (χ0n) is 12.8. The maximum Gasteiger partial charge on any atom is 0.283 e. The number of nitrogens with one attached hydrogen (secondary N) is 1. The van der Waals surface area contributed by atoms with Gasteiger partial charge in [0, 0.05) is 0 Å². The largest absolute Gasteiger partial charge is 0.508 e. The quantitative estimate of drug-likeness (QED) is 0.757. The van der Waals surface area contributed by atoms with Crippen molar-refractivity contribution < 1.29 is 14.3 Å². The van der Waals surface area contributed by atoms with E-state index in [1.165, 1.54) is 47.3 Å².